The minimum Gasteiger partial charge on any atom is -0.291 e. The van der Waals surface area contributed by atoms with E-state index in [-0.39, 0.29) is 5.69 Å². The van der Waals surface area contributed by atoms with Crippen LogP contribution in [0.4, 0.5) is 11.4 Å². The molecule has 1 aromatic carbocycles. The van der Waals surface area contributed by atoms with Crippen LogP contribution in [0.15, 0.2) is 18.2 Å². The molecule has 0 amide bonds. The van der Waals surface area contributed by atoms with Gasteiger partial charge in [0, 0.05) is 12.1 Å². The Morgan fingerprint density at radius 3 is 2.67 bits per heavy atom. The van der Waals surface area contributed by atoms with Crippen molar-refractivity contribution in [3.05, 3.63) is 33.9 Å². The average Bonchev–Trinajstić information content (AvgIpc) is 2.04. The fourth-order valence-corrected chi connectivity index (χ4v) is 0.887. The molecule has 0 heterocycles. The van der Waals surface area contributed by atoms with Crippen molar-refractivity contribution in [1.29, 1.82) is 0 Å². The van der Waals surface area contributed by atoms with Gasteiger partial charge in [0.25, 0.3) is 5.69 Å². The Kier molecular flexibility index (Phi) is 2.25. The maximum atomic E-state index is 10.3. The van der Waals surface area contributed by atoms with Gasteiger partial charge in [-0.2, -0.15) is 0 Å². The Balaban J connectivity index is 3.10. The summed E-state index contributed by atoms with van der Waals surface area (Å²) in [7, 11) is 0. The van der Waals surface area contributed by atoms with Crippen molar-refractivity contribution in [1.82, 2.24) is 0 Å². The van der Waals surface area contributed by atoms with E-state index in [4.69, 9.17) is 5.21 Å². The molecular formula is C7H8N2O3. The molecule has 0 aliphatic rings. The van der Waals surface area contributed by atoms with Crippen LogP contribution in [-0.4, -0.2) is 10.1 Å². The number of non-ortho nitro benzene ring substituents is 1. The summed E-state index contributed by atoms with van der Waals surface area (Å²) in [4.78, 5) is 9.80. The third-order valence-corrected chi connectivity index (χ3v) is 1.54. The second kappa shape index (κ2) is 3.19. The van der Waals surface area contributed by atoms with Crippen LogP contribution in [0.2, 0.25) is 0 Å². The molecule has 0 aliphatic carbocycles. The molecule has 1 aromatic rings. The molecule has 12 heavy (non-hydrogen) atoms. The van der Waals surface area contributed by atoms with Crippen molar-refractivity contribution in [2.24, 2.45) is 0 Å². The van der Waals surface area contributed by atoms with Crippen LogP contribution in [0.25, 0.3) is 0 Å². The van der Waals surface area contributed by atoms with E-state index in [0.717, 1.165) is 0 Å². The highest BCUT2D eigenvalue weighted by atomic mass is 16.6. The number of aryl methyl sites for hydroxylation is 1. The lowest BCUT2D eigenvalue weighted by atomic mass is 10.2. The quantitative estimate of drug-likeness (QED) is 0.520. The highest BCUT2D eigenvalue weighted by Crippen LogP contribution is 2.20. The molecule has 2 N–H and O–H groups in total. The molecule has 0 bridgehead atoms. The Bertz CT molecular complexity index is 312. The summed E-state index contributed by atoms with van der Waals surface area (Å²) >= 11 is 0. The lowest BCUT2D eigenvalue weighted by Gasteiger charge is -2.01. The van der Waals surface area contributed by atoms with Crippen LogP contribution in [0.3, 0.4) is 0 Å². The number of anilines is 1. The highest BCUT2D eigenvalue weighted by molar-refractivity contribution is 5.53. The number of benzene rings is 1. The summed E-state index contributed by atoms with van der Waals surface area (Å²) in [6.45, 7) is 1.67. The van der Waals surface area contributed by atoms with Gasteiger partial charge in [-0.15, -0.1) is 0 Å². The summed E-state index contributed by atoms with van der Waals surface area (Å²) in [5.41, 5.74) is 3.06. The largest absolute Gasteiger partial charge is 0.291 e. The first-order chi connectivity index (χ1) is 5.65. The van der Waals surface area contributed by atoms with Crippen LogP contribution in [-0.2, 0) is 0 Å². The molecule has 0 spiro atoms. The molecule has 0 radical (unpaired) electrons. The molecular weight excluding hydrogens is 160 g/mol. The van der Waals surface area contributed by atoms with E-state index < -0.39 is 4.92 Å². The van der Waals surface area contributed by atoms with Crippen molar-refractivity contribution >= 4 is 11.4 Å². The molecule has 0 saturated carbocycles. The number of hydrogen-bond donors (Lipinski definition) is 2. The van der Waals surface area contributed by atoms with E-state index in [0.29, 0.717) is 11.3 Å². The third kappa shape index (κ3) is 1.51. The first-order valence-electron chi connectivity index (χ1n) is 3.30. The van der Waals surface area contributed by atoms with Gasteiger partial charge in [0.1, 0.15) is 0 Å². The van der Waals surface area contributed by atoms with Crippen molar-refractivity contribution in [3.8, 4) is 0 Å². The van der Waals surface area contributed by atoms with E-state index in [9.17, 15) is 10.1 Å². The van der Waals surface area contributed by atoms with Gasteiger partial charge in [-0.25, -0.2) is 0 Å². The Hall–Kier alpha value is -1.62. The monoisotopic (exact) mass is 168 g/mol. The minimum atomic E-state index is -0.478. The molecule has 5 heteroatoms. The maximum absolute atomic E-state index is 10.3. The van der Waals surface area contributed by atoms with Crippen molar-refractivity contribution in [3.63, 3.8) is 0 Å². The van der Waals surface area contributed by atoms with Gasteiger partial charge in [0.05, 0.1) is 10.6 Å². The molecule has 1 rings (SSSR count). The molecule has 0 atom stereocenters. The highest BCUT2D eigenvalue weighted by Gasteiger charge is 2.06. The standard InChI is InChI=1S/C7H8N2O3/c1-5-4-6(9(11)12)2-3-7(5)8-10/h2-4,8,10H,1H3. The number of nitro groups is 1. The first-order valence-corrected chi connectivity index (χ1v) is 3.30. The smallest absolute Gasteiger partial charge is 0.269 e. The van der Waals surface area contributed by atoms with Gasteiger partial charge in [0.2, 0.25) is 0 Å². The topological polar surface area (TPSA) is 75.4 Å². The molecule has 0 aliphatic heterocycles. The van der Waals surface area contributed by atoms with Crippen LogP contribution in [0.1, 0.15) is 5.56 Å². The maximum Gasteiger partial charge on any atom is 0.269 e. The molecule has 5 nitrogen and oxygen atoms in total. The average molecular weight is 168 g/mol. The zero-order valence-electron chi connectivity index (χ0n) is 6.44. The van der Waals surface area contributed by atoms with Crippen molar-refractivity contribution in [2.45, 2.75) is 6.92 Å². The van der Waals surface area contributed by atoms with Gasteiger partial charge < -0.3 is 0 Å². The van der Waals surface area contributed by atoms with E-state index >= 15 is 0 Å². The molecule has 0 unspecified atom stereocenters. The minimum absolute atomic E-state index is 0.0199. The third-order valence-electron chi connectivity index (χ3n) is 1.54. The zero-order valence-corrected chi connectivity index (χ0v) is 6.44. The summed E-state index contributed by atoms with van der Waals surface area (Å²) in [5.74, 6) is 0. The Morgan fingerprint density at radius 2 is 2.25 bits per heavy atom. The van der Waals surface area contributed by atoms with Gasteiger partial charge >= 0.3 is 0 Å². The molecule has 0 saturated heterocycles. The SMILES string of the molecule is Cc1cc([N+](=O)[O-])ccc1NO. The molecule has 0 aromatic heterocycles. The lowest BCUT2D eigenvalue weighted by molar-refractivity contribution is -0.384. The van der Waals surface area contributed by atoms with Gasteiger partial charge in [0.15, 0.2) is 0 Å². The summed E-state index contributed by atoms with van der Waals surface area (Å²) in [5, 5.41) is 18.8. The molecule has 64 valence electrons. The Morgan fingerprint density at radius 1 is 1.58 bits per heavy atom. The van der Waals surface area contributed by atoms with Crippen molar-refractivity contribution in [2.75, 3.05) is 5.48 Å². The first kappa shape index (κ1) is 8.48. The zero-order chi connectivity index (χ0) is 9.14. The van der Waals surface area contributed by atoms with Crippen LogP contribution >= 0.6 is 0 Å². The number of nitrogens with zero attached hydrogens (tertiary/aromatic N) is 1. The fraction of sp³-hybridized carbons (Fsp3) is 0.143. The fourth-order valence-electron chi connectivity index (χ4n) is 0.887. The number of hydrogen-bond acceptors (Lipinski definition) is 4. The predicted molar refractivity (Wildman–Crippen MR) is 43.2 cm³/mol. The summed E-state index contributed by atoms with van der Waals surface area (Å²) < 4.78 is 0. The van der Waals surface area contributed by atoms with E-state index in [1.807, 2.05) is 5.48 Å². The van der Waals surface area contributed by atoms with Gasteiger partial charge in [-0.3, -0.25) is 20.8 Å². The van der Waals surface area contributed by atoms with E-state index in [2.05, 4.69) is 0 Å². The number of nitrogens with one attached hydrogen (secondary N) is 1. The molecule has 0 fully saturated rings. The number of rotatable bonds is 2. The van der Waals surface area contributed by atoms with Gasteiger partial charge in [-0.1, -0.05) is 0 Å². The summed E-state index contributed by atoms with van der Waals surface area (Å²) in [6.07, 6.45) is 0. The van der Waals surface area contributed by atoms with E-state index in [1.165, 1.54) is 18.2 Å². The van der Waals surface area contributed by atoms with Crippen LogP contribution in [0, 0.1) is 17.0 Å². The summed E-state index contributed by atoms with van der Waals surface area (Å²) in [6, 6.07) is 4.16. The van der Waals surface area contributed by atoms with Gasteiger partial charge in [-0.05, 0) is 18.6 Å². The normalized spacial score (nSPS) is 9.50. The second-order valence-corrected chi connectivity index (χ2v) is 2.37. The Labute approximate surface area is 68.7 Å². The lowest BCUT2D eigenvalue weighted by Crippen LogP contribution is -1.94. The van der Waals surface area contributed by atoms with Crippen LogP contribution < -0.4 is 5.48 Å². The van der Waals surface area contributed by atoms with Crippen LogP contribution in [0.5, 0.6) is 0 Å². The van der Waals surface area contributed by atoms with E-state index in [1.54, 1.807) is 6.92 Å². The van der Waals surface area contributed by atoms with Crippen molar-refractivity contribution < 1.29 is 10.1 Å². The second-order valence-electron chi connectivity index (χ2n) is 2.37. The predicted octanol–water partition coefficient (Wildman–Crippen LogP) is 1.70. The number of nitro benzene ring substituents is 1.